The summed E-state index contributed by atoms with van der Waals surface area (Å²) in [5.74, 6) is -2.26. The smallest absolute Gasteiger partial charge is 0.338 e. The highest BCUT2D eigenvalue weighted by Gasteiger charge is 2.26. The van der Waals surface area contributed by atoms with Gasteiger partial charge >= 0.3 is 11.9 Å². The summed E-state index contributed by atoms with van der Waals surface area (Å²) in [5.41, 5.74) is 5.41. The van der Waals surface area contributed by atoms with Crippen LogP contribution in [0.2, 0.25) is 0 Å². The monoisotopic (exact) mass is 826 g/mol. The fourth-order valence-electron chi connectivity index (χ4n) is 7.71. The lowest BCUT2D eigenvalue weighted by Gasteiger charge is -2.20. The maximum Gasteiger partial charge on any atom is 0.338 e. The zero-order valence-corrected chi connectivity index (χ0v) is 34.5. The van der Waals surface area contributed by atoms with Gasteiger partial charge in [-0.05, 0) is 93.7 Å². The molecule has 0 saturated heterocycles. The van der Waals surface area contributed by atoms with Crippen LogP contribution in [0.5, 0.6) is 11.5 Å². The van der Waals surface area contributed by atoms with Crippen LogP contribution >= 0.6 is 0 Å². The number of aromatic hydroxyl groups is 2. The maximum absolute atomic E-state index is 14.4. The van der Waals surface area contributed by atoms with Gasteiger partial charge in [-0.2, -0.15) is 0 Å². The number of amides is 1. The topological polar surface area (TPSA) is 143 Å². The third kappa shape index (κ3) is 8.46. The van der Waals surface area contributed by atoms with Crippen LogP contribution in [0.15, 0.2) is 133 Å². The molecule has 0 aromatic heterocycles. The molecule has 0 bridgehead atoms. The van der Waals surface area contributed by atoms with Crippen molar-refractivity contribution in [3.63, 3.8) is 0 Å². The van der Waals surface area contributed by atoms with Gasteiger partial charge in [0.1, 0.15) is 18.1 Å². The lowest BCUT2D eigenvalue weighted by atomic mass is 9.87. The van der Waals surface area contributed by atoms with Gasteiger partial charge in [0, 0.05) is 33.2 Å². The number of ether oxygens (including phenoxy) is 2. The number of hydrogen-bond donors (Lipinski definition) is 4. The summed E-state index contributed by atoms with van der Waals surface area (Å²) < 4.78 is 11.1. The molecule has 0 aliphatic carbocycles. The number of anilines is 2. The fourth-order valence-corrected chi connectivity index (χ4v) is 7.71. The number of phenolic OH excluding ortho intramolecular Hbond substituents is 2. The summed E-state index contributed by atoms with van der Waals surface area (Å²) in [5, 5.41) is 33.3. The SMILES string of the molecule is CCCCOC(=O)c1ccc2c(-c3c(O)c(C(=O)Nc4cccc5ccccc45)cc4cc(C(=O)OCCCC)ccc34)c(O)c(CONc3cccc4ccccc34)cc2c1. The van der Waals surface area contributed by atoms with Gasteiger partial charge in [0.15, 0.2) is 0 Å². The van der Waals surface area contributed by atoms with Crippen LogP contribution in [0.4, 0.5) is 11.4 Å². The molecule has 0 aliphatic heterocycles. The quantitative estimate of drug-likeness (QED) is 0.0451. The van der Waals surface area contributed by atoms with E-state index < -0.39 is 23.6 Å². The van der Waals surface area contributed by atoms with Crippen molar-refractivity contribution in [3.05, 3.63) is 156 Å². The van der Waals surface area contributed by atoms with E-state index in [1.54, 1.807) is 48.5 Å². The van der Waals surface area contributed by atoms with Crippen molar-refractivity contribution in [3.8, 4) is 22.6 Å². The molecule has 312 valence electrons. The van der Waals surface area contributed by atoms with Gasteiger partial charge in [0.25, 0.3) is 5.91 Å². The first-order valence-corrected chi connectivity index (χ1v) is 20.8. The van der Waals surface area contributed by atoms with Gasteiger partial charge in [-0.15, -0.1) is 0 Å². The summed E-state index contributed by atoms with van der Waals surface area (Å²) in [4.78, 5) is 46.9. The van der Waals surface area contributed by atoms with Crippen LogP contribution in [0.3, 0.4) is 0 Å². The average molecular weight is 827 g/mol. The van der Waals surface area contributed by atoms with Crippen molar-refractivity contribution in [2.24, 2.45) is 0 Å². The molecule has 8 aromatic carbocycles. The van der Waals surface area contributed by atoms with Crippen molar-refractivity contribution in [2.75, 3.05) is 24.0 Å². The molecule has 0 saturated carbocycles. The molecule has 10 nitrogen and oxygen atoms in total. The van der Waals surface area contributed by atoms with E-state index in [2.05, 4.69) is 10.8 Å². The number of carbonyl (C=O) groups is 3. The van der Waals surface area contributed by atoms with Gasteiger partial charge < -0.3 is 25.0 Å². The van der Waals surface area contributed by atoms with Crippen LogP contribution in [0.1, 0.15) is 76.2 Å². The Morgan fingerprint density at radius 1 is 0.532 bits per heavy atom. The summed E-state index contributed by atoms with van der Waals surface area (Å²) in [6.45, 7) is 4.40. The number of fused-ring (bicyclic) bond motifs is 4. The molecule has 0 radical (unpaired) electrons. The molecule has 10 heteroatoms. The molecule has 4 N–H and O–H groups in total. The molecule has 62 heavy (non-hydrogen) atoms. The van der Waals surface area contributed by atoms with Gasteiger partial charge in [-0.25, -0.2) is 9.59 Å². The summed E-state index contributed by atoms with van der Waals surface area (Å²) >= 11 is 0. The second-order valence-electron chi connectivity index (χ2n) is 15.2. The molecule has 1 amide bonds. The standard InChI is InChI=1S/C52H46N2O8/c1-3-5-25-60-51(58)34-21-23-41-36(27-34)29-38(31-62-54-45-20-12-16-33-14-8-10-18-40(33)45)48(55)46(41)47-42-24-22-35(52(59)61-26-6-4-2)28-37(42)30-43(49(47)56)50(57)53-44-19-11-15-32-13-7-9-17-39(32)44/h7-24,27-30,54-56H,3-6,25-26,31H2,1-2H3,(H,53,57). The Hall–Kier alpha value is -7.43. The van der Waals surface area contributed by atoms with Crippen molar-refractivity contribution in [1.82, 2.24) is 0 Å². The maximum atomic E-state index is 14.4. The Bertz CT molecular complexity index is 2990. The Morgan fingerprint density at radius 2 is 1.05 bits per heavy atom. The summed E-state index contributed by atoms with van der Waals surface area (Å²) in [7, 11) is 0. The van der Waals surface area contributed by atoms with E-state index in [0.29, 0.717) is 44.8 Å². The number of carbonyl (C=O) groups excluding carboxylic acids is 3. The summed E-state index contributed by atoms with van der Waals surface area (Å²) in [6, 6.07) is 40.0. The highest BCUT2D eigenvalue weighted by Crippen LogP contribution is 2.48. The van der Waals surface area contributed by atoms with E-state index in [9.17, 15) is 24.6 Å². The van der Waals surface area contributed by atoms with Gasteiger partial charge in [-0.3, -0.25) is 15.1 Å². The lowest BCUT2D eigenvalue weighted by Crippen LogP contribution is -2.13. The first-order chi connectivity index (χ1) is 30.2. The van der Waals surface area contributed by atoms with Crippen LogP contribution in [0, 0.1) is 0 Å². The Kier molecular flexibility index (Phi) is 12.3. The number of nitrogens with one attached hydrogen (secondary N) is 2. The van der Waals surface area contributed by atoms with Gasteiger partial charge in [-0.1, -0.05) is 112 Å². The fraction of sp³-hybridized carbons (Fsp3) is 0.173. The zero-order valence-electron chi connectivity index (χ0n) is 34.5. The molecule has 0 fully saturated rings. The van der Waals surface area contributed by atoms with Crippen LogP contribution in [-0.4, -0.2) is 41.3 Å². The molecule has 0 unspecified atom stereocenters. The number of phenols is 2. The zero-order chi connectivity index (χ0) is 43.2. The molecule has 8 rings (SSSR count). The second kappa shape index (κ2) is 18.5. The molecule has 0 atom stereocenters. The number of unbranched alkanes of at least 4 members (excludes halogenated alkanes) is 2. The highest BCUT2D eigenvalue weighted by atomic mass is 16.6. The van der Waals surface area contributed by atoms with E-state index in [1.165, 1.54) is 6.07 Å². The number of hydrogen-bond acceptors (Lipinski definition) is 9. The van der Waals surface area contributed by atoms with Gasteiger partial charge in [0.05, 0.1) is 35.6 Å². The van der Waals surface area contributed by atoms with Crippen molar-refractivity contribution >= 4 is 72.3 Å². The van der Waals surface area contributed by atoms with Crippen LogP contribution in [-0.2, 0) is 20.9 Å². The third-order valence-electron chi connectivity index (χ3n) is 11.0. The predicted molar refractivity (Wildman–Crippen MR) is 245 cm³/mol. The molecule has 0 aliphatic rings. The Labute approximate surface area is 358 Å². The van der Waals surface area contributed by atoms with Crippen LogP contribution in [0.25, 0.3) is 54.2 Å². The number of esters is 2. The largest absolute Gasteiger partial charge is 0.507 e. The molecule has 0 spiro atoms. The minimum Gasteiger partial charge on any atom is -0.507 e. The van der Waals surface area contributed by atoms with Crippen molar-refractivity contribution in [1.29, 1.82) is 0 Å². The summed E-state index contributed by atoms with van der Waals surface area (Å²) in [6.07, 6.45) is 3.14. The lowest BCUT2D eigenvalue weighted by molar-refractivity contribution is 0.0490. The predicted octanol–water partition coefficient (Wildman–Crippen LogP) is 12.1. The third-order valence-corrected chi connectivity index (χ3v) is 11.0. The first kappa shape index (κ1) is 41.3. The van der Waals surface area contributed by atoms with E-state index in [0.717, 1.165) is 46.5 Å². The van der Waals surface area contributed by atoms with E-state index in [-0.39, 0.29) is 47.8 Å². The number of benzene rings is 8. The van der Waals surface area contributed by atoms with Crippen LogP contribution < -0.4 is 10.8 Å². The molecule has 8 aromatic rings. The molecular formula is C52H46N2O8. The highest BCUT2D eigenvalue weighted by molar-refractivity contribution is 6.18. The van der Waals surface area contributed by atoms with Crippen molar-refractivity contribution < 1.29 is 38.9 Å². The van der Waals surface area contributed by atoms with Gasteiger partial charge in [0.2, 0.25) is 0 Å². The minimum absolute atomic E-state index is 0.0973. The van der Waals surface area contributed by atoms with E-state index >= 15 is 0 Å². The molecular weight excluding hydrogens is 781 g/mol. The van der Waals surface area contributed by atoms with E-state index in [4.69, 9.17) is 14.3 Å². The average Bonchev–Trinajstić information content (AvgIpc) is 3.29. The van der Waals surface area contributed by atoms with E-state index in [1.807, 2.05) is 92.7 Å². The normalized spacial score (nSPS) is 11.3. The number of rotatable bonds is 15. The van der Waals surface area contributed by atoms with Crippen molar-refractivity contribution in [2.45, 2.75) is 46.1 Å². The first-order valence-electron chi connectivity index (χ1n) is 20.8. The molecule has 0 heterocycles. The Morgan fingerprint density at radius 3 is 1.65 bits per heavy atom. The second-order valence-corrected chi connectivity index (χ2v) is 15.2. The Balaban J connectivity index is 1.29. The minimum atomic E-state index is -0.613.